The van der Waals surface area contributed by atoms with Crippen molar-refractivity contribution in [3.8, 4) is 0 Å². The molecule has 0 saturated heterocycles. The summed E-state index contributed by atoms with van der Waals surface area (Å²) in [5.74, 6) is 0. The lowest BCUT2D eigenvalue weighted by atomic mass is 9.71. The van der Waals surface area contributed by atoms with Gasteiger partial charge in [-0.1, -0.05) is 19.3 Å². The van der Waals surface area contributed by atoms with E-state index in [1.54, 1.807) is 0 Å². The monoisotopic (exact) mass is 225 g/mol. The van der Waals surface area contributed by atoms with Gasteiger partial charge in [0.15, 0.2) is 5.11 Å². The Balaban J connectivity index is 2.12. The van der Waals surface area contributed by atoms with Crippen LogP contribution in [0.3, 0.4) is 0 Å². The minimum Gasteiger partial charge on any atom is -0.375 e. The molecular weight excluding hydrogens is 206 g/mol. The molecule has 84 valence electrons. The molecule has 0 radical (unpaired) electrons. The number of rotatable bonds is 1. The Morgan fingerprint density at radius 2 is 1.80 bits per heavy atom. The average molecular weight is 225 g/mol. The zero-order valence-electron chi connectivity index (χ0n) is 9.09. The standard InChI is InChI=1S/C11H19N3S/c12-10(15)14-13-9-5-1-2-6-11(9)7-3-4-8-11/h1-8H2,(H3,12,14,15)/b13-9+. The first-order valence-electron chi connectivity index (χ1n) is 5.85. The largest absolute Gasteiger partial charge is 0.375 e. The summed E-state index contributed by atoms with van der Waals surface area (Å²) in [5, 5.41) is 4.70. The first-order chi connectivity index (χ1) is 7.23. The van der Waals surface area contributed by atoms with Crippen LogP contribution >= 0.6 is 12.2 Å². The van der Waals surface area contributed by atoms with Crippen molar-refractivity contribution in [2.24, 2.45) is 16.3 Å². The highest BCUT2D eigenvalue weighted by Crippen LogP contribution is 2.47. The molecule has 4 heteroatoms. The van der Waals surface area contributed by atoms with Gasteiger partial charge in [0.2, 0.25) is 0 Å². The second-order valence-corrected chi connectivity index (χ2v) is 5.17. The highest BCUT2D eigenvalue weighted by Gasteiger charge is 2.40. The van der Waals surface area contributed by atoms with Crippen LogP contribution in [0.4, 0.5) is 0 Å². The molecule has 0 heterocycles. The van der Waals surface area contributed by atoms with Crippen LogP contribution in [-0.2, 0) is 0 Å². The molecule has 2 rings (SSSR count). The number of nitrogens with zero attached hydrogens (tertiary/aromatic N) is 1. The van der Waals surface area contributed by atoms with E-state index in [0.29, 0.717) is 5.41 Å². The molecule has 15 heavy (non-hydrogen) atoms. The van der Waals surface area contributed by atoms with Gasteiger partial charge in [-0.25, -0.2) is 0 Å². The molecule has 0 unspecified atom stereocenters. The second-order valence-electron chi connectivity index (χ2n) is 4.73. The van der Waals surface area contributed by atoms with Crippen molar-refractivity contribution in [1.82, 2.24) is 5.43 Å². The number of nitrogens with two attached hydrogens (primary N) is 1. The van der Waals surface area contributed by atoms with Crippen LogP contribution in [-0.4, -0.2) is 10.8 Å². The summed E-state index contributed by atoms with van der Waals surface area (Å²) in [4.78, 5) is 0. The quantitative estimate of drug-likeness (QED) is 0.532. The minimum atomic E-state index is 0.279. The molecule has 0 aromatic carbocycles. The molecule has 1 spiro atoms. The normalized spacial score (nSPS) is 27.1. The summed E-state index contributed by atoms with van der Waals surface area (Å²) in [6.45, 7) is 0. The van der Waals surface area contributed by atoms with Gasteiger partial charge in [-0.05, 0) is 44.3 Å². The van der Waals surface area contributed by atoms with Crippen molar-refractivity contribution in [3.05, 3.63) is 0 Å². The first kappa shape index (κ1) is 10.9. The van der Waals surface area contributed by atoms with Gasteiger partial charge in [0.05, 0.1) is 0 Å². The number of hydrazone groups is 1. The van der Waals surface area contributed by atoms with E-state index in [1.165, 1.54) is 50.7 Å². The van der Waals surface area contributed by atoms with Gasteiger partial charge in [-0.3, -0.25) is 5.43 Å². The van der Waals surface area contributed by atoms with E-state index in [1.807, 2.05) is 0 Å². The first-order valence-corrected chi connectivity index (χ1v) is 6.26. The van der Waals surface area contributed by atoms with Crippen LogP contribution in [0.1, 0.15) is 51.4 Å². The molecule has 2 fully saturated rings. The lowest BCUT2D eigenvalue weighted by molar-refractivity contribution is 0.348. The Labute approximate surface area is 96.5 Å². The zero-order valence-corrected chi connectivity index (χ0v) is 9.91. The zero-order chi connectivity index (χ0) is 10.7. The smallest absolute Gasteiger partial charge is 0.184 e. The fourth-order valence-corrected chi connectivity index (χ4v) is 3.10. The SMILES string of the molecule is NC(=S)N/N=C1\CCCCC12CCCC2. The predicted octanol–water partition coefficient (Wildman–Crippen LogP) is 2.31. The van der Waals surface area contributed by atoms with Crippen LogP contribution < -0.4 is 11.2 Å². The molecule has 0 aromatic heterocycles. The van der Waals surface area contributed by atoms with Crippen LogP contribution in [0.2, 0.25) is 0 Å². The van der Waals surface area contributed by atoms with Crippen LogP contribution in [0, 0.1) is 5.41 Å². The predicted molar refractivity (Wildman–Crippen MR) is 66.7 cm³/mol. The minimum absolute atomic E-state index is 0.279. The number of hydrogen-bond donors (Lipinski definition) is 2. The molecule has 0 atom stereocenters. The van der Waals surface area contributed by atoms with Crippen molar-refractivity contribution in [1.29, 1.82) is 0 Å². The second kappa shape index (κ2) is 4.47. The van der Waals surface area contributed by atoms with Crippen molar-refractivity contribution in [2.45, 2.75) is 51.4 Å². The topological polar surface area (TPSA) is 50.4 Å². The number of thiocarbonyl (C=S) groups is 1. The number of nitrogens with one attached hydrogen (secondary N) is 1. The van der Waals surface area contributed by atoms with Crippen LogP contribution in [0.5, 0.6) is 0 Å². The van der Waals surface area contributed by atoms with Gasteiger partial charge in [-0.15, -0.1) is 0 Å². The molecule has 0 aliphatic heterocycles. The Morgan fingerprint density at radius 1 is 1.20 bits per heavy atom. The Bertz CT molecular complexity index is 280. The van der Waals surface area contributed by atoms with Gasteiger partial charge in [-0.2, -0.15) is 5.10 Å². The van der Waals surface area contributed by atoms with Gasteiger partial charge >= 0.3 is 0 Å². The average Bonchev–Trinajstić information content (AvgIpc) is 2.66. The van der Waals surface area contributed by atoms with Crippen molar-refractivity contribution < 1.29 is 0 Å². The van der Waals surface area contributed by atoms with Crippen molar-refractivity contribution >= 4 is 23.0 Å². The highest BCUT2D eigenvalue weighted by molar-refractivity contribution is 7.80. The summed E-state index contributed by atoms with van der Waals surface area (Å²) in [7, 11) is 0. The molecular formula is C11H19N3S. The molecule has 2 aliphatic rings. The fraction of sp³-hybridized carbons (Fsp3) is 0.818. The molecule has 0 amide bonds. The van der Waals surface area contributed by atoms with Crippen molar-refractivity contribution in [3.63, 3.8) is 0 Å². The maximum absolute atomic E-state index is 5.41. The maximum atomic E-state index is 5.41. The van der Waals surface area contributed by atoms with Gasteiger partial charge in [0.25, 0.3) is 0 Å². The van der Waals surface area contributed by atoms with E-state index in [4.69, 9.17) is 18.0 Å². The summed E-state index contributed by atoms with van der Waals surface area (Å²) in [5.41, 5.74) is 9.89. The Kier molecular flexibility index (Phi) is 3.24. The van der Waals surface area contributed by atoms with Gasteiger partial charge in [0.1, 0.15) is 0 Å². The van der Waals surface area contributed by atoms with Gasteiger partial charge in [0, 0.05) is 11.1 Å². The third kappa shape index (κ3) is 2.30. The molecule has 2 aliphatic carbocycles. The summed E-state index contributed by atoms with van der Waals surface area (Å²) in [6, 6.07) is 0. The van der Waals surface area contributed by atoms with Gasteiger partial charge < -0.3 is 5.73 Å². The van der Waals surface area contributed by atoms with Crippen molar-refractivity contribution in [2.75, 3.05) is 0 Å². The highest BCUT2D eigenvalue weighted by atomic mass is 32.1. The third-order valence-corrected chi connectivity index (χ3v) is 3.88. The summed E-state index contributed by atoms with van der Waals surface area (Å²) >= 11 is 4.79. The fourth-order valence-electron chi connectivity index (χ4n) is 3.05. The maximum Gasteiger partial charge on any atom is 0.184 e. The Hall–Kier alpha value is -0.640. The van der Waals surface area contributed by atoms with E-state index >= 15 is 0 Å². The molecule has 2 saturated carbocycles. The van der Waals surface area contributed by atoms with E-state index in [9.17, 15) is 0 Å². The molecule has 3 N–H and O–H groups in total. The van der Waals surface area contributed by atoms with E-state index in [0.717, 1.165) is 6.42 Å². The van der Waals surface area contributed by atoms with Crippen LogP contribution in [0.25, 0.3) is 0 Å². The number of hydrogen-bond acceptors (Lipinski definition) is 2. The van der Waals surface area contributed by atoms with E-state index in [-0.39, 0.29) is 5.11 Å². The molecule has 3 nitrogen and oxygen atoms in total. The third-order valence-electron chi connectivity index (χ3n) is 3.79. The lowest BCUT2D eigenvalue weighted by Crippen LogP contribution is -2.35. The van der Waals surface area contributed by atoms with E-state index in [2.05, 4.69) is 10.5 Å². The molecule has 0 bridgehead atoms. The Morgan fingerprint density at radius 3 is 2.40 bits per heavy atom. The van der Waals surface area contributed by atoms with Crippen LogP contribution in [0.15, 0.2) is 5.10 Å². The summed E-state index contributed by atoms with van der Waals surface area (Å²) in [6.07, 6.45) is 10.4. The molecule has 0 aromatic rings. The van der Waals surface area contributed by atoms with E-state index < -0.39 is 0 Å². The summed E-state index contributed by atoms with van der Waals surface area (Å²) < 4.78 is 0. The lowest BCUT2D eigenvalue weighted by Gasteiger charge is -2.34.